The van der Waals surface area contributed by atoms with Gasteiger partial charge in [-0.3, -0.25) is 4.79 Å². The summed E-state index contributed by atoms with van der Waals surface area (Å²) in [5, 5.41) is 42.6. The third-order valence-electron chi connectivity index (χ3n) is 7.26. The van der Waals surface area contributed by atoms with Gasteiger partial charge in [0.05, 0.1) is 31.2 Å². The molecule has 0 radical (unpaired) electrons. The van der Waals surface area contributed by atoms with Crippen molar-refractivity contribution in [1.29, 1.82) is 0 Å². The van der Waals surface area contributed by atoms with Crippen LogP contribution in [0.1, 0.15) is 33.1 Å². The molecule has 0 aromatic heterocycles. The third-order valence-corrected chi connectivity index (χ3v) is 7.26. The van der Waals surface area contributed by atoms with E-state index in [9.17, 15) is 25.2 Å². The zero-order valence-corrected chi connectivity index (χ0v) is 12.7. The molecule has 4 aliphatic rings. The molecule has 0 amide bonds. The lowest BCUT2D eigenvalue weighted by molar-refractivity contribution is -0.259. The van der Waals surface area contributed by atoms with Crippen LogP contribution in [0.4, 0.5) is 0 Å². The maximum atomic E-state index is 11.9. The second kappa shape index (κ2) is 3.67. The monoisotopic (exact) mass is 314 g/mol. The van der Waals surface area contributed by atoms with Crippen LogP contribution in [0.3, 0.4) is 0 Å². The summed E-state index contributed by atoms with van der Waals surface area (Å²) in [4.78, 5) is 11.9. The maximum Gasteiger partial charge on any atom is 0.306 e. The van der Waals surface area contributed by atoms with Crippen molar-refractivity contribution in [3.05, 3.63) is 0 Å². The average molecular weight is 314 g/mol. The highest BCUT2D eigenvalue weighted by molar-refractivity contribution is 5.72. The molecule has 22 heavy (non-hydrogen) atoms. The molecule has 0 aromatic carbocycles. The third kappa shape index (κ3) is 1.11. The van der Waals surface area contributed by atoms with Crippen molar-refractivity contribution in [2.24, 2.45) is 16.7 Å². The number of hydrogen-bond acceptors (Lipinski definition) is 7. The summed E-state index contributed by atoms with van der Waals surface area (Å²) in [7, 11) is 0. The van der Waals surface area contributed by atoms with E-state index >= 15 is 0 Å². The molecule has 0 aromatic rings. The number of cyclic esters (lactones) is 1. The molecule has 1 saturated carbocycles. The molecule has 7 atom stereocenters. The van der Waals surface area contributed by atoms with E-state index in [4.69, 9.17) is 9.47 Å². The second-order valence-electron chi connectivity index (χ2n) is 7.83. The van der Waals surface area contributed by atoms with Gasteiger partial charge >= 0.3 is 5.97 Å². The average Bonchev–Trinajstić information content (AvgIpc) is 2.88. The Morgan fingerprint density at radius 1 is 1.32 bits per heavy atom. The predicted molar refractivity (Wildman–Crippen MR) is 71.3 cm³/mol. The van der Waals surface area contributed by atoms with Gasteiger partial charge in [-0.1, -0.05) is 6.92 Å². The Labute approximate surface area is 127 Å². The molecule has 124 valence electrons. The molecular formula is C15H22O7. The molecule has 3 heterocycles. The molecule has 3 saturated heterocycles. The molecule has 2 spiro atoms. The van der Waals surface area contributed by atoms with Gasteiger partial charge in [-0.15, -0.1) is 0 Å². The van der Waals surface area contributed by atoms with Crippen LogP contribution in [-0.2, 0) is 14.3 Å². The Kier molecular flexibility index (Phi) is 2.48. The Bertz CT molecular complexity index is 562. The number of hydrogen-bond donors (Lipinski definition) is 4. The van der Waals surface area contributed by atoms with Crippen molar-refractivity contribution in [1.82, 2.24) is 0 Å². The minimum absolute atomic E-state index is 0.0166. The topological polar surface area (TPSA) is 116 Å². The SMILES string of the molecule is CC1(O)C2(O)CC34CC(=O)OCC3CC(O)C4(O2)C1(C)CO. The summed E-state index contributed by atoms with van der Waals surface area (Å²) in [6, 6.07) is 0. The number of carbonyl (C=O) groups excluding carboxylic acids is 1. The van der Waals surface area contributed by atoms with Gasteiger partial charge < -0.3 is 29.9 Å². The smallest absolute Gasteiger partial charge is 0.306 e. The largest absolute Gasteiger partial charge is 0.465 e. The van der Waals surface area contributed by atoms with Crippen molar-refractivity contribution < 1.29 is 34.7 Å². The van der Waals surface area contributed by atoms with Gasteiger partial charge in [0.25, 0.3) is 0 Å². The molecular weight excluding hydrogens is 292 g/mol. The van der Waals surface area contributed by atoms with E-state index in [0.29, 0.717) is 6.42 Å². The van der Waals surface area contributed by atoms with Crippen LogP contribution >= 0.6 is 0 Å². The van der Waals surface area contributed by atoms with Gasteiger partial charge in [0.1, 0.15) is 11.2 Å². The molecule has 4 fully saturated rings. The van der Waals surface area contributed by atoms with E-state index in [2.05, 4.69) is 0 Å². The molecule has 4 rings (SSSR count). The summed E-state index contributed by atoms with van der Waals surface area (Å²) in [5.74, 6) is -2.46. The molecule has 7 nitrogen and oxygen atoms in total. The quantitative estimate of drug-likeness (QED) is 0.454. The van der Waals surface area contributed by atoms with E-state index in [1.807, 2.05) is 0 Å². The molecule has 7 unspecified atom stereocenters. The number of ether oxygens (including phenoxy) is 2. The number of carbonyl (C=O) groups is 1. The summed E-state index contributed by atoms with van der Waals surface area (Å²) in [6.07, 6.45) is -0.566. The van der Waals surface area contributed by atoms with Crippen LogP contribution in [-0.4, -0.2) is 62.7 Å². The normalized spacial score (nSPS) is 62.7. The number of fused-ring (bicyclic) bond motifs is 1. The number of rotatable bonds is 1. The fourth-order valence-corrected chi connectivity index (χ4v) is 5.90. The first kappa shape index (κ1) is 14.8. The van der Waals surface area contributed by atoms with Crippen LogP contribution in [0, 0.1) is 16.7 Å². The zero-order valence-electron chi connectivity index (χ0n) is 12.7. The van der Waals surface area contributed by atoms with Crippen molar-refractivity contribution in [3.63, 3.8) is 0 Å². The van der Waals surface area contributed by atoms with Gasteiger partial charge in [0.2, 0.25) is 0 Å². The van der Waals surface area contributed by atoms with E-state index in [-0.39, 0.29) is 25.4 Å². The van der Waals surface area contributed by atoms with E-state index in [1.165, 1.54) is 6.92 Å². The number of aliphatic hydroxyl groups excluding tert-OH is 2. The van der Waals surface area contributed by atoms with E-state index < -0.39 is 46.5 Å². The highest BCUT2D eigenvalue weighted by Crippen LogP contribution is 2.78. The lowest BCUT2D eigenvalue weighted by Crippen LogP contribution is -2.71. The first-order chi connectivity index (χ1) is 10.1. The molecule has 2 bridgehead atoms. The van der Waals surface area contributed by atoms with Crippen LogP contribution in [0.15, 0.2) is 0 Å². The van der Waals surface area contributed by atoms with Gasteiger partial charge in [0, 0.05) is 17.8 Å². The minimum atomic E-state index is -1.90. The van der Waals surface area contributed by atoms with Crippen molar-refractivity contribution in [2.75, 3.05) is 13.2 Å². The van der Waals surface area contributed by atoms with Crippen molar-refractivity contribution in [2.45, 2.75) is 56.2 Å². The predicted octanol–water partition coefficient (Wildman–Crippen LogP) is -1.09. The number of esters is 1. The van der Waals surface area contributed by atoms with Crippen molar-refractivity contribution >= 4 is 5.97 Å². The Morgan fingerprint density at radius 2 is 2.00 bits per heavy atom. The first-order valence-electron chi connectivity index (χ1n) is 7.70. The number of aliphatic hydroxyl groups is 4. The van der Waals surface area contributed by atoms with Crippen LogP contribution in [0.25, 0.3) is 0 Å². The Balaban J connectivity index is 1.98. The minimum Gasteiger partial charge on any atom is -0.465 e. The van der Waals surface area contributed by atoms with Gasteiger partial charge in [-0.25, -0.2) is 0 Å². The van der Waals surface area contributed by atoms with Crippen LogP contribution in [0.2, 0.25) is 0 Å². The zero-order chi connectivity index (χ0) is 16.2. The lowest BCUT2D eigenvalue weighted by Gasteiger charge is -2.57. The van der Waals surface area contributed by atoms with E-state index in [1.54, 1.807) is 6.92 Å². The maximum absolute atomic E-state index is 11.9. The molecule has 1 aliphatic carbocycles. The summed E-state index contributed by atoms with van der Waals surface area (Å²) in [5.41, 5.74) is -5.22. The fourth-order valence-electron chi connectivity index (χ4n) is 5.90. The Morgan fingerprint density at radius 3 is 2.64 bits per heavy atom. The standard InChI is InChI=1S/C15H22O7/c1-11(7-16)12(2,19)14(20)6-13-4-10(18)21-5-8(13)3-9(17)15(11,13)22-14/h8-9,16-17,19-20H,3-7H2,1-2H3. The highest BCUT2D eigenvalue weighted by atomic mass is 16.7. The van der Waals surface area contributed by atoms with Gasteiger partial charge in [-0.05, 0) is 13.3 Å². The van der Waals surface area contributed by atoms with E-state index in [0.717, 1.165) is 0 Å². The Hall–Kier alpha value is -0.730. The van der Waals surface area contributed by atoms with Crippen LogP contribution in [0.5, 0.6) is 0 Å². The summed E-state index contributed by atoms with van der Waals surface area (Å²) < 4.78 is 11.0. The highest BCUT2D eigenvalue weighted by Gasteiger charge is 2.91. The summed E-state index contributed by atoms with van der Waals surface area (Å²) in [6.45, 7) is 2.73. The van der Waals surface area contributed by atoms with Crippen LogP contribution < -0.4 is 0 Å². The van der Waals surface area contributed by atoms with Gasteiger partial charge in [-0.2, -0.15) is 0 Å². The molecule has 7 heteroatoms. The lowest BCUT2D eigenvalue weighted by atomic mass is 9.47. The fraction of sp³-hybridized carbons (Fsp3) is 0.933. The molecule has 3 aliphatic heterocycles. The molecule has 4 N–H and O–H groups in total. The van der Waals surface area contributed by atoms with Crippen molar-refractivity contribution in [3.8, 4) is 0 Å². The van der Waals surface area contributed by atoms with Gasteiger partial charge in [0.15, 0.2) is 5.79 Å². The first-order valence-corrected chi connectivity index (χ1v) is 7.70. The second-order valence-corrected chi connectivity index (χ2v) is 7.83. The summed E-state index contributed by atoms with van der Waals surface area (Å²) >= 11 is 0.